The molecule has 0 spiro atoms. The van der Waals surface area contributed by atoms with Crippen LogP contribution in [0.2, 0.25) is 0 Å². The molecule has 1 unspecified atom stereocenters. The van der Waals surface area contributed by atoms with Crippen LogP contribution in [0.25, 0.3) is 0 Å². The predicted octanol–water partition coefficient (Wildman–Crippen LogP) is 3.89. The zero-order valence-electron chi connectivity index (χ0n) is 11.6. The van der Waals surface area contributed by atoms with Crippen molar-refractivity contribution in [2.75, 3.05) is 13.1 Å². The van der Waals surface area contributed by atoms with E-state index in [1.807, 2.05) is 0 Å². The second-order valence-corrected chi connectivity index (χ2v) is 5.39. The molecule has 0 bridgehead atoms. The fourth-order valence-electron chi connectivity index (χ4n) is 2.34. The number of nitrogens with one attached hydrogen (secondary N) is 1. The van der Waals surface area contributed by atoms with Crippen molar-refractivity contribution in [3.63, 3.8) is 0 Å². The monoisotopic (exact) mass is 233 g/mol. The summed E-state index contributed by atoms with van der Waals surface area (Å²) in [5.74, 6) is 1.55. The minimum absolute atomic E-state index is 0.768. The van der Waals surface area contributed by atoms with Crippen LogP contribution < -0.4 is 5.32 Å². The van der Waals surface area contributed by atoms with E-state index in [0.29, 0.717) is 0 Å². The van der Waals surface area contributed by atoms with Gasteiger partial charge in [0.2, 0.25) is 0 Å². The first-order valence-corrected chi connectivity index (χ1v) is 6.97. The molecule has 0 saturated heterocycles. The van der Waals surface area contributed by atoms with E-state index in [9.17, 15) is 0 Å². The maximum absolute atomic E-state index is 3.56. The van der Waals surface area contributed by atoms with E-state index in [0.717, 1.165) is 24.9 Å². The molecule has 17 heavy (non-hydrogen) atoms. The third-order valence-corrected chi connectivity index (χ3v) is 3.03. The molecule has 1 atom stereocenters. The van der Waals surface area contributed by atoms with Crippen LogP contribution in [0, 0.1) is 11.8 Å². The SMILES string of the molecule is CCCNCC(Cc1ccccc1)CC(C)C. The van der Waals surface area contributed by atoms with Gasteiger partial charge in [-0.25, -0.2) is 0 Å². The molecule has 1 aromatic rings. The summed E-state index contributed by atoms with van der Waals surface area (Å²) in [6, 6.07) is 10.9. The average Bonchev–Trinajstić information content (AvgIpc) is 2.30. The van der Waals surface area contributed by atoms with Gasteiger partial charge in [0.25, 0.3) is 0 Å². The molecular weight excluding hydrogens is 206 g/mol. The molecule has 1 N–H and O–H groups in total. The first kappa shape index (κ1) is 14.2. The van der Waals surface area contributed by atoms with Gasteiger partial charge in [-0.2, -0.15) is 0 Å². The van der Waals surface area contributed by atoms with Gasteiger partial charge in [-0.1, -0.05) is 51.1 Å². The Morgan fingerprint density at radius 3 is 2.41 bits per heavy atom. The van der Waals surface area contributed by atoms with Gasteiger partial charge >= 0.3 is 0 Å². The van der Waals surface area contributed by atoms with Crippen molar-refractivity contribution in [1.82, 2.24) is 5.32 Å². The second kappa shape index (κ2) is 8.30. The van der Waals surface area contributed by atoms with Gasteiger partial charge in [0, 0.05) is 0 Å². The fraction of sp³-hybridized carbons (Fsp3) is 0.625. The Hall–Kier alpha value is -0.820. The van der Waals surface area contributed by atoms with Crippen LogP contribution in [0.5, 0.6) is 0 Å². The highest BCUT2D eigenvalue weighted by molar-refractivity contribution is 5.15. The maximum atomic E-state index is 3.56. The van der Waals surface area contributed by atoms with E-state index in [-0.39, 0.29) is 0 Å². The van der Waals surface area contributed by atoms with Gasteiger partial charge in [-0.15, -0.1) is 0 Å². The lowest BCUT2D eigenvalue weighted by Gasteiger charge is -2.19. The Morgan fingerprint density at radius 1 is 1.12 bits per heavy atom. The van der Waals surface area contributed by atoms with Crippen LogP contribution in [-0.2, 0) is 6.42 Å². The topological polar surface area (TPSA) is 12.0 Å². The van der Waals surface area contributed by atoms with Gasteiger partial charge < -0.3 is 5.32 Å². The first-order valence-electron chi connectivity index (χ1n) is 6.97. The van der Waals surface area contributed by atoms with E-state index in [1.54, 1.807) is 0 Å². The minimum Gasteiger partial charge on any atom is -0.316 e. The lowest BCUT2D eigenvalue weighted by molar-refractivity contribution is 0.385. The zero-order chi connectivity index (χ0) is 12.5. The highest BCUT2D eigenvalue weighted by Gasteiger charge is 2.11. The Bertz CT molecular complexity index is 279. The van der Waals surface area contributed by atoms with Crippen LogP contribution in [0.3, 0.4) is 0 Å². The molecule has 1 aromatic carbocycles. The third kappa shape index (κ3) is 6.48. The van der Waals surface area contributed by atoms with E-state index in [4.69, 9.17) is 0 Å². The quantitative estimate of drug-likeness (QED) is 0.672. The smallest absolute Gasteiger partial charge is 0.00172 e. The molecule has 0 aliphatic heterocycles. The van der Waals surface area contributed by atoms with Crippen LogP contribution in [0.4, 0.5) is 0 Å². The molecular formula is C16H27N. The van der Waals surface area contributed by atoms with E-state index < -0.39 is 0 Å². The summed E-state index contributed by atoms with van der Waals surface area (Å²) in [6.07, 6.45) is 3.74. The van der Waals surface area contributed by atoms with Crippen LogP contribution >= 0.6 is 0 Å². The minimum atomic E-state index is 0.768. The molecule has 1 nitrogen and oxygen atoms in total. The lowest BCUT2D eigenvalue weighted by atomic mass is 9.91. The maximum Gasteiger partial charge on any atom is -0.00172 e. The molecule has 0 saturated carbocycles. The van der Waals surface area contributed by atoms with Crippen LogP contribution in [0.1, 0.15) is 39.2 Å². The number of benzene rings is 1. The van der Waals surface area contributed by atoms with Crippen molar-refractivity contribution >= 4 is 0 Å². The number of rotatable bonds is 8. The lowest BCUT2D eigenvalue weighted by Crippen LogP contribution is -2.26. The van der Waals surface area contributed by atoms with Crippen LogP contribution in [-0.4, -0.2) is 13.1 Å². The Labute approximate surface area is 107 Å². The number of hydrogen-bond donors (Lipinski definition) is 1. The summed E-state index contributed by atoms with van der Waals surface area (Å²) < 4.78 is 0. The molecule has 1 heteroatoms. The van der Waals surface area contributed by atoms with Gasteiger partial charge in [0.15, 0.2) is 0 Å². The Morgan fingerprint density at radius 2 is 1.82 bits per heavy atom. The van der Waals surface area contributed by atoms with Crippen LogP contribution in [0.15, 0.2) is 30.3 Å². The van der Waals surface area contributed by atoms with Gasteiger partial charge in [0.05, 0.1) is 0 Å². The van der Waals surface area contributed by atoms with Gasteiger partial charge in [-0.05, 0) is 49.8 Å². The second-order valence-electron chi connectivity index (χ2n) is 5.39. The number of hydrogen-bond acceptors (Lipinski definition) is 1. The van der Waals surface area contributed by atoms with Crippen molar-refractivity contribution in [2.24, 2.45) is 11.8 Å². The molecule has 0 fully saturated rings. The summed E-state index contributed by atoms with van der Waals surface area (Å²) in [7, 11) is 0. The average molecular weight is 233 g/mol. The van der Waals surface area contributed by atoms with Gasteiger partial charge in [-0.3, -0.25) is 0 Å². The molecule has 0 aromatic heterocycles. The van der Waals surface area contributed by atoms with Gasteiger partial charge in [0.1, 0.15) is 0 Å². The van der Waals surface area contributed by atoms with Crippen molar-refractivity contribution in [1.29, 1.82) is 0 Å². The van der Waals surface area contributed by atoms with E-state index in [2.05, 4.69) is 56.4 Å². The standard InChI is InChI=1S/C16H27N/c1-4-10-17-13-16(11-14(2)3)12-15-8-6-5-7-9-15/h5-9,14,16-17H,4,10-13H2,1-3H3. The largest absolute Gasteiger partial charge is 0.316 e. The Balaban J connectivity index is 2.45. The van der Waals surface area contributed by atoms with Crippen molar-refractivity contribution in [2.45, 2.75) is 40.0 Å². The molecule has 1 rings (SSSR count). The fourth-order valence-corrected chi connectivity index (χ4v) is 2.34. The third-order valence-electron chi connectivity index (χ3n) is 3.03. The molecule has 0 radical (unpaired) electrons. The normalized spacial score (nSPS) is 12.9. The molecule has 0 aliphatic rings. The highest BCUT2D eigenvalue weighted by Crippen LogP contribution is 2.16. The molecule has 0 heterocycles. The summed E-state index contributed by atoms with van der Waals surface area (Å²) in [6.45, 7) is 9.15. The van der Waals surface area contributed by atoms with Crippen molar-refractivity contribution in [3.05, 3.63) is 35.9 Å². The molecule has 0 amide bonds. The summed E-state index contributed by atoms with van der Waals surface area (Å²) in [4.78, 5) is 0. The zero-order valence-corrected chi connectivity index (χ0v) is 11.6. The summed E-state index contributed by atoms with van der Waals surface area (Å²) in [5, 5.41) is 3.56. The summed E-state index contributed by atoms with van der Waals surface area (Å²) >= 11 is 0. The van der Waals surface area contributed by atoms with E-state index >= 15 is 0 Å². The predicted molar refractivity (Wildman–Crippen MR) is 76.3 cm³/mol. The molecule has 96 valence electrons. The highest BCUT2D eigenvalue weighted by atomic mass is 14.8. The molecule has 0 aliphatic carbocycles. The van der Waals surface area contributed by atoms with E-state index in [1.165, 1.54) is 24.8 Å². The summed E-state index contributed by atoms with van der Waals surface area (Å²) in [5.41, 5.74) is 1.47. The van der Waals surface area contributed by atoms with Crippen molar-refractivity contribution in [3.8, 4) is 0 Å². The Kier molecular flexibility index (Phi) is 6.95. The first-order chi connectivity index (χ1) is 8.22. The van der Waals surface area contributed by atoms with Crippen molar-refractivity contribution < 1.29 is 0 Å².